The molecule has 0 bridgehead atoms. The van der Waals surface area contributed by atoms with Crippen molar-refractivity contribution in [3.8, 4) is 0 Å². The highest BCUT2D eigenvalue weighted by atomic mass is 35.5. The maximum absolute atomic E-state index is 11.3. The monoisotopic (exact) mass is 168 g/mol. The number of hydrogen-bond donors (Lipinski definition) is 0. The van der Waals surface area contributed by atoms with Gasteiger partial charge < -0.3 is 4.74 Å². The number of hydrogen-bond acceptors (Lipinski definition) is 2. The van der Waals surface area contributed by atoms with Crippen LogP contribution in [0.25, 0.3) is 0 Å². The van der Waals surface area contributed by atoms with Crippen molar-refractivity contribution in [2.24, 2.45) is 0 Å². The van der Waals surface area contributed by atoms with Crippen LogP contribution in [0.2, 0.25) is 0 Å². The van der Waals surface area contributed by atoms with Crippen LogP contribution >= 0.6 is 11.6 Å². The maximum Gasteiger partial charge on any atom is 0.495 e. The lowest BCUT2D eigenvalue weighted by atomic mass is 10.3. The van der Waals surface area contributed by atoms with Gasteiger partial charge in [0.2, 0.25) is 0 Å². The van der Waals surface area contributed by atoms with E-state index in [-0.39, 0.29) is 6.61 Å². The summed E-state index contributed by atoms with van der Waals surface area (Å²) in [4.78, 5) is 9.56. The molecule has 0 amide bonds. The minimum Gasteiger partial charge on any atom is -0.440 e. The summed E-state index contributed by atoms with van der Waals surface area (Å²) >= 11 is 5.36. The minimum absolute atomic E-state index is 0.159. The van der Waals surface area contributed by atoms with Gasteiger partial charge in [-0.15, -0.1) is 16.0 Å². The first-order valence-electron chi connectivity index (χ1n) is 3.15. The summed E-state index contributed by atoms with van der Waals surface area (Å²) in [6, 6.07) is 0. The van der Waals surface area contributed by atoms with E-state index < -0.39 is 6.22 Å². The van der Waals surface area contributed by atoms with Crippen LogP contribution in [0.15, 0.2) is 0 Å². The third-order valence-electron chi connectivity index (χ3n) is 0.994. The third-order valence-corrected chi connectivity index (χ3v) is 1.26. The Morgan fingerprint density at radius 2 is 2.10 bits per heavy atom. The van der Waals surface area contributed by atoms with Gasteiger partial charge in [0.05, 0.1) is 6.61 Å². The highest BCUT2D eigenvalue weighted by molar-refractivity contribution is 6.17. The molecule has 0 fully saturated rings. The first-order chi connectivity index (χ1) is 4.77. The van der Waals surface area contributed by atoms with Crippen LogP contribution < -0.4 is 0 Å². The molecule has 0 atom stereocenters. The van der Waals surface area contributed by atoms with Crippen LogP contribution in [-0.2, 0) is 4.74 Å². The number of ether oxygens (including phenoxy) is 1. The predicted molar refractivity (Wildman–Crippen MR) is 37.0 cm³/mol. The first-order valence-corrected chi connectivity index (χ1v) is 3.69. The van der Waals surface area contributed by atoms with Gasteiger partial charge in [-0.3, -0.25) is 0 Å². The zero-order valence-electron chi connectivity index (χ0n) is 5.61. The number of carbonyl (C=O) groups is 1. The zero-order valence-corrected chi connectivity index (χ0v) is 6.36. The molecule has 4 heteroatoms. The van der Waals surface area contributed by atoms with E-state index in [0.29, 0.717) is 12.3 Å². The normalized spacial score (nSPS) is 9.40. The number of unbranched alkanes of at least 4 members (excludes halogenated alkanes) is 2. The second kappa shape index (κ2) is 6.81. The topological polar surface area (TPSA) is 26.3 Å². The molecule has 0 N–H and O–H groups in total. The molecule has 0 unspecified atom stereocenters. The first kappa shape index (κ1) is 9.69. The number of rotatable bonds is 5. The highest BCUT2D eigenvalue weighted by Crippen LogP contribution is 1.97. The second-order valence-electron chi connectivity index (χ2n) is 1.84. The predicted octanol–water partition coefficient (Wildman–Crippen LogP) is 2.50. The van der Waals surface area contributed by atoms with Crippen molar-refractivity contribution in [3.05, 3.63) is 0 Å². The summed E-state index contributed by atoms with van der Waals surface area (Å²) in [6.45, 7) is 0.159. The van der Waals surface area contributed by atoms with E-state index in [0.717, 1.165) is 12.8 Å². The van der Waals surface area contributed by atoms with Gasteiger partial charge in [-0.2, -0.15) is 0 Å². The fourth-order valence-electron chi connectivity index (χ4n) is 0.526. The molecule has 0 aromatic rings. The van der Waals surface area contributed by atoms with Crippen LogP contribution in [0.5, 0.6) is 0 Å². The summed E-state index contributed by atoms with van der Waals surface area (Å²) in [5, 5.41) is 0. The van der Waals surface area contributed by atoms with Crippen molar-refractivity contribution >= 4 is 17.8 Å². The van der Waals surface area contributed by atoms with Crippen molar-refractivity contribution in [3.63, 3.8) is 0 Å². The maximum atomic E-state index is 11.3. The summed E-state index contributed by atoms with van der Waals surface area (Å²) in [7, 11) is 0. The Morgan fingerprint density at radius 3 is 2.60 bits per heavy atom. The smallest absolute Gasteiger partial charge is 0.440 e. The fourth-order valence-corrected chi connectivity index (χ4v) is 0.715. The average molecular weight is 169 g/mol. The average Bonchev–Trinajstić information content (AvgIpc) is 1.87. The van der Waals surface area contributed by atoms with Crippen LogP contribution in [0.3, 0.4) is 0 Å². The van der Waals surface area contributed by atoms with E-state index in [2.05, 4.69) is 4.74 Å². The Kier molecular flexibility index (Phi) is 6.59. The number of alkyl halides is 1. The van der Waals surface area contributed by atoms with Gasteiger partial charge in [0.1, 0.15) is 0 Å². The van der Waals surface area contributed by atoms with Crippen molar-refractivity contribution in [2.45, 2.75) is 19.3 Å². The van der Waals surface area contributed by atoms with Gasteiger partial charge in [0.15, 0.2) is 0 Å². The van der Waals surface area contributed by atoms with Crippen molar-refractivity contribution < 1.29 is 13.9 Å². The van der Waals surface area contributed by atoms with Crippen molar-refractivity contribution in [1.82, 2.24) is 0 Å². The molecule has 0 aromatic heterocycles. The summed E-state index contributed by atoms with van der Waals surface area (Å²) in [5.74, 6) is 0.601. The molecule has 0 radical (unpaired) electrons. The quantitative estimate of drug-likeness (QED) is 0.358. The van der Waals surface area contributed by atoms with Crippen LogP contribution in [0.1, 0.15) is 19.3 Å². The zero-order chi connectivity index (χ0) is 7.82. The largest absolute Gasteiger partial charge is 0.495 e. The molecule has 60 valence electrons. The van der Waals surface area contributed by atoms with E-state index in [1.54, 1.807) is 0 Å². The summed E-state index contributed by atoms with van der Waals surface area (Å²) in [6.07, 6.45) is 0.732. The fraction of sp³-hybridized carbons (Fsp3) is 0.833. The second-order valence-corrected chi connectivity index (χ2v) is 2.21. The van der Waals surface area contributed by atoms with Crippen molar-refractivity contribution in [2.75, 3.05) is 12.5 Å². The number of carbonyl (C=O) groups excluding carboxylic acids is 1. The Bertz CT molecular complexity index is 97.7. The minimum atomic E-state index is -1.70. The molecular formula is C6H10ClFO2. The van der Waals surface area contributed by atoms with Gasteiger partial charge >= 0.3 is 6.22 Å². The van der Waals surface area contributed by atoms with Gasteiger partial charge in [0, 0.05) is 5.88 Å². The molecular weight excluding hydrogens is 159 g/mol. The molecule has 0 aromatic carbocycles. The molecule has 0 rings (SSSR count). The molecule has 0 spiro atoms. The molecule has 0 aliphatic rings. The SMILES string of the molecule is O=C(F)OCCCCCCl. The molecule has 0 heterocycles. The Balaban J connectivity index is 2.84. The number of halogens is 2. The molecule has 0 saturated heterocycles. The van der Waals surface area contributed by atoms with E-state index in [4.69, 9.17) is 11.6 Å². The molecule has 0 aliphatic carbocycles. The molecule has 2 nitrogen and oxygen atoms in total. The van der Waals surface area contributed by atoms with E-state index in [1.807, 2.05) is 0 Å². The van der Waals surface area contributed by atoms with Crippen molar-refractivity contribution in [1.29, 1.82) is 0 Å². The molecule has 10 heavy (non-hydrogen) atoms. The van der Waals surface area contributed by atoms with E-state index in [1.165, 1.54) is 0 Å². The third kappa shape index (κ3) is 7.69. The lowest BCUT2D eigenvalue weighted by Crippen LogP contribution is -1.97. The van der Waals surface area contributed by atoms with Crippen LogP contribution in [-0.4, -0.2) is 18.7 Å². The molecule has 0 saturated carbocycles. The Hall–Kier alpha value is -0.310. The summed E-state index contributed by atoms with van der Waals surface area (Å²) < 4.78 is 15.4. The van der Waals surface area contributed by atoms with Crippen LogP contribution in [0, 0.1) is 0 Å². The Morgan fingerprint density at radius 1 is 1.40 bits per heavy atom. The standard InChI is InChI=1S/C6H10ClFO2/c7-4-2-1-3-5-10-6(8)9/h1-5H2. The lowest BCUT2D eigenvalue weighted by Gasteiger charge is -1.96. The summed E-state index contributed by atoms with van der Waals surface area (Å²) in [5.41, 5.74) is 0. The molecule has 0 aliphatic heterocycles. The van der Waals surface area contributed by atoms with Gasteiger partial charge in [0.25, 0.3) is 0 Å². The lowest BCUT2D eigenvalue weighted by molar-refractivity contribution is 0.119. The van der Waals surface area contributed by atoms with Gasteiger partial charge in [-0.05, 0) is 19.3 Å². The van der Waals surface area contributed by atoms with Gasteiger partial charge in [-0.25, -0.2) is 4.79 Å². The highest BCUT2D eigenvalue weighted by Gasteiger charge is 1.95. The van der Waals surface area contributed by atoms with Gasteiger partial charge in [-0.1, -0.05) is 0 Å². The Labute approximate surface area is 64.3 Å². The van der Waals surface area contributed by atoms with E-state index >= 15 is 0 Å². The van der Waals surface area contributed by atoms with Crippen LogP contribution in [0.4, 0.5) is 9.18 Å². The van der Waals surface area contributed by atoms with E-state index in [9.17, 15) is 9.18 Å².